The Morgan fingerprint density at radius 3 is 2.33 bits per heavy atom. The number of hydrogen-bond acceptors (Lipinski definition) is 3. The van der Waals surface area contributed by atoms with Crippen LogP contribution in [0.15, 0.2) is 30.3 Å². The first-order valence-electron chi connectivity index (χ1n) is 4.79. The van der Waals surface area contributed by atoms with Gasteiger partial charge in [0.15, 0.2) is 5.15 Å². The molecule has 0 amide bonds. The van der Waals surface area contributed by atoms with Gasteiger partial charge in [0.05, 0.1) is 16.7 Å². The predicted octanol–water partition coefficient (Wildman–Crippen LogP) is 4.71. The van der Waals surface area contributed by atoms with Crippen molar-refractivity contribution in [3.8, 4) is 17.7 Å². The van der Waals surface area contributed by atoms with E-state index in [0.717, 1.165) is 0 Å². The van der Waals surface area contributed by atoms with Crippen molar-refractivity contribution in [1.29, 1.82) is 5.26 Å². The second kappa shape index (κ2) is 5.45. The quantitative estimate of drug-likeness (QED) is 0.755. The number of rotatable bonds is 2. The monoisotopic (exact) mass is 298 g/mol. The molecular weight excluding hydrogens is 295 g/mol. The van der Waals surface area contributed by atoms with Crippen LogP contribution in [0.4, 0.5) is 0 Å². The van der Waals surface area contributed by atoms with Gasteiger partial charge >= 0.3 is 0 Å². The van der Waals surface area contributed by atoms with Crippen molar-refractivity contribution >= 4 is 34.8 Å². The Labute approximate surface area is 118 Å². The number of hydrogen-bond donors (Lipinski definition) is 0. The summed E-state index contributed by atoms with van der Waals surface area (Å²) in [6.45, 7) is 0. The zero-order valence-electron chi connectivity index (χ0n) is 8.82. The fourth-order valence-electron chi connectivity index (χ4n) is 1.21. The first kappa shape index (κ1) is 13.0. The number of nitrogens with zero attached hydrogens (tertiary/aromatic N) is 2. The Morgan fingerprint density at radius 1 is 1.06 bits per heavy atom. The van der Waals surface area contributed by atoms with Crippen LogP contribution in [0.3, 0.4) is 0 Å². The first-order chi connectivity index (χ1) is 8.60. The number of ether oxygens (including phenoxy) is 1. The van der Waals surface area contributed by atoms with Gasteiger partial charge in [-0.25, -0.2) is 0 Å². The molecule has 0 aliphatic carbocycles. The third-order valence-electron chi connectivity index (χ3n) is 2.05. The van der Waals surface area contributed by atoms with E-state index in [0.29, 0.717) is 11.3 Å². The molecule has 0 N–H and O–H groups in total. The third kappa shape index (κ3) is 2.85. The summed E-state index contributed by atoms with van der Waals surface area (Å²) < 4.78 is 5.45. The third-order valence-corrected chi connectivity index (χ3v) is 3.00. The molecule has 18 heavy (non-hydrogen) atoms. The minimum absolute atomic E-state index is 0.115. The van der Waals surface area contributed by atoms with E-state index >= 15 is 0 Å². The molecular formula is C12H5Cl3N2O. The minimum Gasteiger partial charge on any atom is -0.437 e. The van der Waals surface area contributed by atoms with Gasteiger partial charge in [0.1, 0.15) is 10.8 Å². The molecule has 2 aromatic rings. The van der Waals surface area contributed by atoms with Crippen molar-refractivity contribution in [3.63, 3.8) is 0 Å². The highest BCUT2D eigenvalue weighted by Gasteiger charge is 2.09. The van der Waals surface area contributed by atoms with Crippen molar-refractivity contribution in [2.24, 2.45) is 0 Å². The number of pyridine rings is 1. The summed E-state index contributed by atoms with van der Waals surface area (Å²) in [4.78, 5) is 3.92. The van der Waals surface area contributed by atoms with E-state index in [1.54, 1.807) is 24.3 Å². The lowest BCUT2D eigenvalue weighted by molar-refractivity contribution is 0.463. The fraction of sp³-hybridized carbons (Fsp3) is 0. The summed E-state index contributed by atoms with van der Waals surface area (Å²) in [5.41, 5.74) is 0.538. The summed E-state index contributed by atoms with van der Waals surface area (Å²) >= 11 is 17.5. The van der Waals surface area contributed by atoms with Crippen molar-refractivity contribution < 1.29 is 4.74 Å². The van der Waals surface area contributed by atoms with Gasteiger partial charge in [0.25, 0.3) is 0 Å². The van der Waals surface area contributed by atoms with Crippen LogP contribution >= 0.6 is 34.8 Å². The first-order valence-corrected chi connectivity index (χ1v) is 5.93. The topological polar surface area (TPSA) is 45.9 Å². The zero-order chi connectivity index (χ0) is 13.1. The molecule has 0 atom stereocenters. The van der Waals surface area contributed by atoms with E-state index in [1.807, 2.05) is 6.07 Å². The molecule has 0 bridgehead atoms. The van der Waals surface area contributed by atoms with E-state index < -0.39 is 0 Å². The summed E-state index contributed by atoms with van der Waals surface area (Å²) in [7, 11) is 0. The van der Waals surface area contributed by atoms with Crippen molar-refractivity contribution in [2.45, 2.75) is 0 Å². The molecule has 0 saturated heterocycles. The molecule has 3 nitrogen and oxygen atoms in total. The maximum Gasteiger partial charge on any atom is 0.239 e. The zero-order valence-corrected chi connectivity index (χ0v) is 11.1. The number of halogens is 3. The number of aromatic nitrogens is 1. The minimum atomic E-state index is 0.115. The van der Waals surface area contributed by atoms with Gasteiger partial charge in [-0.15, -0.1) is 0 Å². The normalized spacial score (nSPS) is 9.89. The van der Waals surface area contributed by atoms with Gasteiger partial charge < -0.3 is 4.74 Å². The van der Waals surface area contributed by atoms with Gasteiger partial charge in [-0.1, -0.05) is 34.8 Å². The number of nitriles is 1. The maximum atomic E-state index is 8.67. The molecule has 0 spiro atoms. The summed E-state index contributed by atoms with van der Waals surface area (Å²) in [5.74, 6) is 0.664. The molecule has 0 aliphatic rings. The Kier molecular flexibility index (Phi) is 3.93. The largest absolute Gasteiger partial charge is 0.437 e. The van der Waals surface area contributed by atoms with E-state index in [-0.39, 0.29) is 21.1 Å². The van der Waals surface area contributed by atoms with E-state index in [2.05, 4.69) is 4.98 Å². The van der Waals surface area contributed by atoms with Crippen molar-refractivity contribution in [3.05, 3.63) is 51.1 Å². The second-order valence-corrected chi connectivity index (χ2v) is 4.46. The Bertz CT molecular complexity index is 620. The van der Waals surface area contributed by atoms with Gasteiger partial charge in [-0.2, -0.15) is 10.2 Å². The average Bonchev–Trinajstić information content (AvgIpc) is 2.37. The highest BCUT2D eigenvalue weighted by Crippen LogP contribution is 2.33. The van der Waals surface area contributed by atoms with E-state index in [9.17, 15) is 0 Å². The maximum absolute atomic E-state index is 8.67. The van der Waals surface area contributed by atoms with Gasteiger partial charge in [0, 0.05) is 0 Å². The van der Waals surface area contributed by atoms with Crippen LogP contribution in [0.2, 0.25) is 15.2 Å². The van der Waals surface area contributed by atoms with E-state index in [4.69, 9.17) is 44.8 Å². The van der Waals surface area contributed by atoms with Crippen LogP contribution in [-0.4, -0.2) is 4.98 Å². The van der Waals surface area contributed by atoms with Crippen LogP contribution in [-0.2, 0) is 0 Å². The fourth-order valence-corrected chi connectivity index (χ4v) is 1.74. The molecule has 0 saturated carbocycles. The predicted molar refractivity (Wildman–Crippen MR) is 70.5 cm³/mol. The Hall–Kier alpha value is -1.47. The molecule has 6 heteroatoms. The second-order valence-electron chi connectivity index (χ2n) is 3.29. The molecule has 1 aromatic carbocycles. The van der Waals surface area contributed by atoms with Gasteiger partial charge in [-0.05, 0) is 30.3 Å². The lowest BCUT2D eigenvalue weighted by Gasteiger charge is -2.07. The molecule has 2 rings (SSSR count). The van der Waals surface area contributed by atoms with Crippen LogP contribution in [0.5, 0.6) is 11.6 Å². The van der Waals surface area contributed by atoms with Gasteiger partial charge in [0.2, 0.25) is 5.88 Å². The van der Waals surface area contributed by atoms with Crippen molar-refractivity contribution in [2.75, 3.05) is 0 Å². The number of benzene rings is 1. The van der Waals surface area contributed by atoms with Crippen LogP contribution in [0.1, 0.15) is 5.56 Å². The standard InChI is InChI=1S/C12H5Cl3N2O/c13-9-5-10(14)12(17-11(9)15)18-8-3-1-7(6-16)2-4-8/h1-5H. The highest BCUT2D eigenvalue weighted by atomic mass is 35.5. The summed E-state index contributed by atoms with van der Waals surface area (Å²) in [6.07, 6.45) is 0. The van der Waals surface area contributed by atoms with E-state index in [1.165, 1.54) is 6.07 Å². The molecule has 0 aliphatic heterocycles. The van der Waals surface area contributed by atoms with Crippen LogP contribution < -0.4 is 4.74 Å². The molecule has 1 aromatic heterocycles. The van der Waals surface area contributed by atoms with Crippen LogP contribution in [0, 0.1) is 11.3 Å². The van der Waals surface area contributed by atoms with Crippen molar-refractivity contribution in [1.82, 2.24) is 4.98 Å². The lowest BCUT2D eigenvalue weighted by atomic mass is 10.2. The highest BCUT2D eigenvalue weighted by molar-refractivity contribution is 6.42. The molecule has 90 valence electrons. The molecule has 0 unspecified atom stereocenters. The Balaban J connectivity index is 2.28. The smallest absolute Gasteiger partial charge is 0.239 e. The SMILES string of the molecule is N#Cc1ccc(Oc2nc(Cl)c(Cl)cc2Cl)cc1. The van der Waals surface area contributed by atoms with Gasteiger partial charge in [-0.3, -0.25) is 0 Å². The molecule has 1 heterocycles. The molecule has 0 radical (unpaired) electrons. The Morgan fingerprint density at radius 2 is 1.72 bits per heavy atom. The average molecular weight is 300 g/mol. The van der Waals surface area contributed by atoms with Crippen LogP contribution in [0.25, 0.3) is 0 Å². The summed E-state index contributed by atoms with van der Waals surface area (Å²) in [6, 6.07) is 9.99. The summed E-state index contributed by atoms with van der Waals surface area (Å²) in [5, 5.41) is 9.30. The lowest BCUT2D eigenvalue weighted by Crippen LogP contribution is -1.90. The molecule has 0 fully saturated rings.